The molecule has 0 amide bonds. The summed E-state index contributed by atoms with van der Waals surface area (Å²) < 4.78 is 14.1. The van der Waals surface area contributed by atoms with E-state index in [0.29, 0.717) is 0 Å². The normalized spacial score (nSPS) is 12.0. The molecule has 0 aliphatic rings. The molecule has 0 bridgehead atoms. The van der Waals surface area contributed by atoms with Gasteiger partial charge in [-0.05, 0) is 0 Å². The fourth-order valence-corrected chi connectivity index (χ4v) is 0.258. The Morgan fingerprint density at radius 1 is 1.00 bits per heavy atom. The third-order valence-corrected chi connectivity index (χ3v) is 0.782. The van der Waals surface area contributed by atoms with E-state index < -0.39 is 24.1 Å². The van der Waals surface area contributed by atoms with Crippen LogP contribution in [-0.2, 0) is 25.2 Å². The van der Waals surface area contributed by atoms with E-state index in [2.05, 4.69) is 0 Å². The predicted octanol–water partition coefficient (Wildman–Crippen LogP) is -11.9. The van der Waals surface area contributed by atoms with Crippen molar-refractivity contribution in [3.05, 3.63) is 0 Å². The topological polar surface area (TPSA) is 161 Å². The molecule has 0 aromatic rings. The van der Waals surface area contributed by atoms with Crippen LogP contribution in [0.5, 0.6) is 0 Å². The maximum atomic E-state index is 9.63. The van der Waals surface area contributed by atoms with E-state index in [1.54, 1.807) is 0 Å². The number of rotatable bonds is 3. The van der Waals surface area contributed by atoms with Gasteiger partial charge in [0.15, 0.2) is 0 Å². The van der Waals surface area contributed by atoms with Crippen LogP contribution in [0.25, 0.3) is 0 Å². The van der Waals surface area contributed by atoms with Gasteiger partial charge in [-0.25, -0.2) is 0 Å². The summed E-state index contributed by atoms with van der Waals surface area (Å²) in [5.74, 6) is -4.12. The molecule has 0 spiro atoms. The minimum atomic E-state index is -2.44. The molecule has 0 aromatic carbocycles. The van der Waals surface area contributed by atoms with Gasteiger partial charge in [0, 0.05) is 0 Å². The Kier molecular flexibility index (Phi) is 27.3. The van der Waals surface area contributed by atoms with E-state index >= 15 is 0 Å². The molecule has 11 heteroatoms. The molecule has 8 nitrogen and oxygen atoms in total. The van der Waals surface area contributed by atoms with Gasteiger partial charge < -0.3 is 30.0 Å². The van der Waals surface area contributed by atoms with Gasteiger partial charge in [-0.15, -0.1) is 0 Å². The molecular formula is C4H6CuKNaO8. The van der Waals surface area contributed by atoms with E-state index in [9.17, 15) is 19.8 Å². The molecule has 83 valence electrons. The van der Waals surface area contributed by atoms with Crippen molar-refractivity contribution in [2.75, 3.05) is 0 Å². The maximum absolute atomic E-state index is 9.63. The summed E-state index contributed by atoms with van der Waals surface area (Å²) in [5, 5.41) is 35.7. The Hall–Kier alpha value is 1.94. The second-order valence-electron chi connectivity index (χ2n) is 1.59. The molecule has 0 radical (unpaired) electrons. The van der Waals surface area contributed by atoms with Gasteiger partial charge >= 0.3 is 105 Å². The van der Waals surface area contributed by atoms with Gasteiger partial charge in [0.05, 0.1) is 11.9 Å². The summed E-state index contributed by atoms with van der Waals surface area (Å²) in [7, 11) is 0. The van der Waals surface area contributed by atoms with Crippen LogP contribution in [0.3, 0.4) is 0 Å². The third-order valence-electron chi connectivity index (χ3n) is 0.782. The molecule has 0 heterocycles. The molecule has 15 heavy (non-hydrogen) atoms. The SMILES string of the molecule is O=C([O-])C(O)C(O)C(=O)[O-].[K+].[Na+].[OH][Cu][OH]. The molecule has 2 atom stereocenters. The summed E-state index contributed by atoms with van der Waals surface area (Å²) in [6.45, 7) is 0. The van der Waals surface area contributed by atoms with Gasteiger partial charge in [0.2, 0.25) is 0 Å². The first kappa shape index (κ1) is 25.7. The van der Waals surface area contributed by atoms with Crippen LogP contribution in [-0.4, -0.2) is 42.7 Å². The molecular weight excluding hydrogens is 302 g/mol. The van der Waals surface area contributed by atoms with E-state index in [4.69, 9.17) is 18.6 Å². The average Bonchev–Trinajstić information content (AvgIpc) is 2.03. The number of carbonyl (C=O) groups excluding carboxylic acids is 2. The van der Waals surface area contributed by atoms with Crippen LogP contribution in [0.15, 0.2) is 0 Å². The van der Waals surface area contributed by atoms with Crippen molar-refractivity contribution in [2.45, 2.75) is 12.2 Å². The monoisotopic (exact) mass is 307 g/mol. The molecule has 2 unspecified atom stereocenters. The van der Waals surface area contributed by atoms with Crippen LogP contribution < -0.4 is 91.2 Å². The van der Waals surface area contributed by atoms with E-state index in [1.807, 2.05) is 0 Å². The molecule has 0 rings (SSSR count). The number of aliphatic hydroxyl groups is 2. The van der Waals surface area contributed by atoms with Crippen molar-refractivity contribution in [3.8, 4) is 0 Å². The van der Waals surface area contributed by atoms with Gasteiger partial charge in [-0.1, -0.05) is 0 Å². The number of carboxylic acids is 2. The Balaban J connectivity index is -0.000000108. The first-order valence-corrected chi connectivity index (χ1v) is 3.36. The Morgan fingerprint density at radius 2 is 1.13 bits per heavy atom. The molecule has 0 aromatic heterocycles. The summed E-state index contributed by atoms with van der Waals surface area (Å²) in [4.78, 5) is 19.3. The predicted molar refractivity (Wildman–Crippen MR) is 26.5 cm³/mol. The van der Waals surface area contributed by atoms with Gasteiger partial charge in [0.1, 0.15) is 12.2 Å². The molecule has 0 aliphatic carbocycles. The van der Waals surface area contributed by atoms with Crippen molar-refractivity contribution in [3.63, 3.8) is 0 Å². The zero-order chi connectivity index (χ0) is 11.0. The van der Waals surface area contributed by atoms with Crippen molar-refractivity contribution in [1.82, 2.24) is 0 Å². The number of aliphatic carboxylic acids is 2. The van der Waals surface area contributed by atoms with E-state index in [0.717, 1.165) is 0 Å². The third kappa shape index (κ3) is 15.9. The zero-order valence-corrected chi connectivity index (χ0v) is 13.9. The fraction of sp³-hybridized carbons (Fsp3) is 0.500. The number of aliphatic hydroxyl groups excluding tert-OH is 2. The van der Waals surface area contributed by atoms with Crippen molar-refractivity contribution < 1.29 is 135 Å². The van der Waals surface area contributed by atoms with Crippen molar-refractivity contribution in [1.29, 1.82) is 0 Å². The molecule has 0 saturated heterocycles. The van der Waals surface area contributed by atoms with Crippen LogP contribution in [0.1, 0.15) is 0 Å². The Labute approximate surface area is 156 Å². The van der Waals surface area contributed by atoms with Gasteiger partial charge in [0.25, 0.3) is 0 Å². The first-order valence-electron chi connectivity index (χ1n) is 2.51. The Morgan fingerprint density at radius 3 is 1.20 bits per heavy atom. The quantitative estimate of drug-likeness (QED) is 0.374. The van der Waals surface area contributed by atoms with Crippen molar-refractivity contribution >= 4 is 11.9 Å². The summed E-state index contributed by atoms with van der Waals surface area (Å²) in [6, 6.07) is 0. The summed E-state index contributed by atoms with van der Waals surface area (Å²) >= 11 is -0.188. The van der Waals surface area contributed by atoms with Crippen LogP contribution in [0.4, 0.5) is 0 Å². The standard InChI is InChI=1S/C4H6O6.Cu.K.Na.2H2O/c5-1(3(7)8)2(6)4(9)10;;;;;/h1-2,5-6H,(H,7,8)(H,9,10);;;;2*1H2/q;+2;2*+1;;/p-4. The second-order valence-corrected chi connectivity index (χ2v) is 1.78. The fourth-order valence-electron chi connectivity index (χ4n) is 0.258. The van der Waals surface area contributed by atoms with E-state index in [1.165, 1.54) is 0 Å². The molecule has 0 fully saturated rings. The average molecular weight is 308 g/mol. The first-order chi connectivity index (χ1) is 5.88. The zero-order valence-electron chi connectivity index (χ0n) is 7.88. The minimum absolute atomic E-state index is 0. The number of hydrogen-bond donors (Lipinski definition) is 4. The molecule has 4 N–H and O–H groups in total. The number of carbonyl (C=O) groups is 2. The molecule has 0 aliphatic heterocycles. The van der Waals surface area contributed by atoms with Crippen LogP contribution in [0.2, 0.25) is 0 Å². The van der Waals surface area contributed by atoms with Crippen LogP contribution in [0, 0.1) is 0 Å². The van der Waals surface area contributed by atoms with Crippen molar-refractivity contribution in [2.24, 2.45) is 0 Å². The summed E-state index contributed by atoms with van der Waals surface area (Å²) in [5.41, 5.74) is 0. The number of hydrogen-bond acceptors (Lipinski definition) is 8. The van der Waals surface area contributed by atoms with Gasteiger partial charge in [-0.2, -0.15) is 0 Å². The Bertz CT molecular complexity index is 162. The summed E-state index contributed by atoms with van der Waals surface area (Å²) in [6.07, 6.45) is -4.88. The van der Waals surface area contributed by atoms with Crippen LogP contribution >= 0.6 is 0 Å². The van der Waals surface area contributed by atoms with Gasteiger partial charge in [-0.3, -0.25) is 0 Å². The second kappa shape index (κ2) is 15.9. The number of carboxylic acid groups (broad SMARTS) is 2. The van der Waals surface area contributed by atoms with E-state index in [-0.39, 0.29) is 96.6 Å². The molecule has 0 saturated carbocycles.